The summed E-state index contributed by atoms with van der Waals surface area (Å²) in [7, 11) is -2.70. The molecule has 0 aromatic heterocycles. The van der Waals surface area contributed by atoms with Crippen LogP contribution in [0.4, 0.5) is 0 Å². The summed E-state index contributed by atoms with van der Waals surface area (Å²) in [6.07, 6.45) is 2.90. The van der Waals surface area contributed by atoms with Crippen LogP contribution in [0.2, 0.25) is 0 Å². The van der Waals surface area contributed by atoms with Crippen molar-refractivity contribution in [3.05, 3.63) is 0 Å². The SMILES string of the molecule is CC[C@]1(C)CCCS(=O)(=O)C1. The van der Waals surface area contributed by atoms with Gasteiger partial charge in [-0.1, -0.05) is 13.8 Å². The first-order valence-electron chi connectivity index (χ1n) is 4.18. The molecule has 1 saturated heterocycles. The molecule has 0 unspecified atom stereocenters. The first-order chi connectivity index (χ1) is 4.97. The Balaban J connectivity index is 2.75. The van der Waals surface area contributed by atoms with Crippen molar-refractivity contribution < 1.29 is 8.42 Å². The zero-order valence-corrected chi connectivity index (χ0v) is 8.08. The fourth-order valence-electron chi connectivity index (χ4n) is 1.67. The van der Waals surface area contributed by atoms with Crippen LogP contribution in [0, 0.1) is 5.41 Å². The number of sulfone groups is 1. The Kier molecular flexibility index (Phi) is 2.28. The van der Waals surface area contributed by atoms with Crippen LogP contribution in [-0.2, 0) is 9.84 Å². The molecule has 11 heavy (non-hydrogen) atoms. The van der Waals surface area contributed by atoms with E-state index in [9.17, 15) is 8.42 Å². The summed E-state index contributed by atoms with van der Waals surface area (Å²) >= 11 is 0. The molecular weight excluding hydrogens is 160 g/mol. The molecule has 0 amide bonds. The maximum absolute atomic E-state index is 11.2. The molecule has 1 heterocycles. The first-order valence-corrected chi connectivity index (χ1v) is 6.00. The van der Waals surface area contributed by atoms with Crippen LogP contribution in [0.1, 0.15) is 33.1 Å². The van der Waals surface area contributed by atoms with Gasteiger partial charge in [-0.15, -0.1) is 0 Å². The minimum Gasteiger partial charge on any atom is -0.229 e. The van der Waals surface area contributed by atoms with Crippen molar-refractivity contribution in [2.45, 2.75) is 33.1 Å². The lowest BCUT2D eigenvalue weighted by atomic mass is 9.85. The molecule has 1 fully saturated rings. The van der Waals surface area contributed by atoms with Crippen molar-refractivity contribution in [2.75, 3.05) is 11.5 Å². The number of rotatable bonds is 1. The largest absolute Gasteiger partial charge is 0.229 e. The fraction of sp³-hybridized carbons (Fsp3) is 1.00. The molecule has 0 N–H and O–H groups in total. The summed E-state index contributed by atoms with van der Waals surface area (Å²) in [5, 5.41) is 0. The van der Waals surface area contributed by atoms with Gasteiger partial charge in [0.2, 0.25) is 0 Å². The van der Waals surface area contributed by atoms with Crippen molar-refractivity contribution in [3.63, 3.8) is 0 Å². The molecule has 0 saturated carbocycles. The lowest BCUT2D eigenvalue weighted by Crippen LogP contribution is -2.33. The summed E-state index contributed by atoms with van der Waals surface area (Å²) in [6.45, 7) is 4.14. The van der Waals surface area contributed by atoms with Gasteiger partial charge < -0.3 is 0 Å². The van der Waals surface area contributed by atoms with E-state index in [2.05, 4.69) is 13.8 Å². The van der Waals surface area contributed by atoms with Gasteiger partial charge in [0, 0.05) is 0 Å². The molecule has 66 valence electrons. The third kappa shape index (κ3) is 2.19. The van der Waals surface area contributed by atoms with Crippen LogP contribution in [0.15, 0.2) is 0 Å². The molecule has 0 spiro atoms. The first kappa shape index (κ1) is 9.04. The van der Waals surface area contributed by atoms with E-state index in [1.54, 1.807) is 0 Å². The van der Waals surface area contributed by atoms with Gasteiger partial charge in [0.25, 0.3) is 0 Å². The molecule has 0 bridgehead atoms. The zero-order valence-electron chi connectivity index (χ0n) is 7.26. The Labute approximate surface area is 68.9 Å². The summed E-state index contributed by atoms with van der Waals surface area (Å²) in [5.74, 6) is 0.805. The molecule has 1 aliphatic heterocycles. The van der Waals surface area contributed by atoms with Crippen LogP contribution < -0.4 is 0 Å². The lowest BCUT2D eigenvalue weighted by Gasteiger charge is -2.31. The van der Waals surface area contributed by atoms with Crippen LogP contribution >= 0.6 is 0 Å². The topological polar surface area (TPSA) is 34.1 Å². The van der Waals surface area contributed by atoms with E-state index in [0.717, 1.165) is 19.3 Å². The second-order valence-corrected chi connectivity index (χ2v) is 6.04. The normalized spacial score (nSPS) is 36.9. The van der Waals surface area contributed by atoms with E-state index < -0.39 is 9.84 Å². The Morgan fingerprint density at radius 2 is 2.09 bits per heavy atom. The predicted molar refractivity (Wildman–Crippen MR) is 46.3 cm³/mol. The van der Waals surface area contributed by atoms with Gasteiger partial charge in [-0.25, -0.2) is 8.42 Å². The van der Waals surface area contributed by atoms with Crippen molar-refractivity contribution in [1.29, 1.82) is 0 Å². The fourth-order valence-corrected chi connectivity index (χ4v) is 3.81. The highest BCUT2D eigenvalue weighted by atomic mass is 32.2. The van der Waals surface area contributed by atoms with Crippen molar-refractivity contribution in [2.24, 2.45) is 5.41 Å². The molecule has 1 aliphatic rings. The van der Waals surface area contributed by atoms with Gasteiger partial charge in [0.05, 0.1) is 11.5 Å². The Morgan fingerprint density at radius 3 is 2.45 bits per heavy atom. The second kappa shape index (κ2) is 2.77. The molecule has 0 radical (unpaired) electrons. The summed E-state index contributed by atoms with van der Waals surface area (Å²) in [4.78, 5) is 0. The number of hydrogen-bond acceptors (Lipinski definition) is 2. The third-order valence-corrected chi connectivity index (χ3v) is 4.71. The Morgan fingerprint density at radius 1 is 1.45 bits per heavy atom. The van der Waals surface area contributed by atoms with Gasteiger partial charge in [0.1, 0.15) is 0 Å². The Hall–Kier alpha value is -0.0500. The number of hydrogen-bond donors (Lipinski definition) is 0. The second-order valence-electron chi connectivity index (χ2n) is 3.86. The van der Waals surface area contributed by atoms with Crippen LogP contribution in [0.3, 0.4) is 0 Å². The van der Waals surface area contributed by atoms with Crippen molar-refractivity contribution >= 4 is 9.84 Å². The molecule has 0 aliphatic carbocycles. The van der Waals surface area contributed by atoms with E-state index in [-0.39, 0.29) is 5.41 Å². The van der Waals surface area contributed by atoms with E-state index in [1.807, 2.05) is 0 Å². The van der Waals surface area contributed by atoms with Gasteiger partial charge in [0.15, 0.2) is 9.84 Å². The molecule has 1 atom stereocenters. The predicted octanol–water partition coefficient (Wildman–Crippen LogP) is 1.61. The molecule has 1 rings (SSSR count). The summed E-state index contributed by atoms with van der Waals surface area (Å²) in [5.41, 5.74) is 0.0666. The standard InChI is InChI=1S/C8H16O2S/c1-3-8(2)5-4-6-11(9,10)7-8/h3-7H2,1-2H3/t8-/m1/s1. The minimum absolute atomic E-state index is 0.0666. The molecule has 0 aromatic rings. The molecule has 3 heteroatoms. The minimum atomic E-state index is -2.70. The average Bonchev–Trinajstić information content (AvgIpc) is 1.85. The van der Waals surface area contributed by atoms with E-state index in [0.29, 0.717) is 11.5 Å². The van der Waals surface area contributed by atoms with Gasteiger partial charge in [-0.05, 0) is 24.7 Å². The zero-order chi connectivity index (χ0) is 8.54. The smallest absolute Gasteiger partial charge is 0.150 e. The van der Waals surface area contributed by atoms with Crippen molar-refractivity contribution in [3.8, 4) is 0 Å². The maximum Gasteiger partial charge on any atom is 0.150 e. The maximum atomic E-state index is 11.2. The average molecular weight is 176 g/mol. The third-order valence-electron chi connectivity index (χ3n) is 2.66. The molecule has 0 aromatic carbocycles. The van der Waals surface area contributed by atoms with Gasteiger partial charge in [-0.2, -0.15) is 0 Å². The summed E-state index contributed by atoms with van der Waals surface area (Å²) in [6, 6.07) is 0. The van der Waals surface area contributed by atoms with E-state index in [4.69, 9.17) is 0 Å². The van der Waals surface area contributed by atoms with E-state index in [1.165, 1.54) is 0 Å². The monoisotopic (exact) mass is 176 g/mol. The highest BCUT2D eigenvalue weighted by Gasteiger charge is 2.32. The van der Waals surface area contributed by atoms with Crippen LogP contribution in [0.25, 0.3) is 0 Å². The van der Waals surface area contributed by atoms with E-state index >= 15 is 0 Å². The quantitative estimate of drug-likeness (QED) is 0.608. The van der Waals surface area contributed by atoms with Crippen LogP contribution in [-0.4, -0.2) is 19.9 Å². The van der Waals surface area contributed by atoms with Gasteiger partial charge >= 0.3 is 0 Å². The highest BCUT2D eigenvalue weighted by Crippen LogP contribution is 2.33. The van der Waals surface area contributed by atoms with Crippen LogP contribution in [0.5, 0.6) is 0 Å². The Bertz CT molecular complexity index is 230. The van der Waals surface area contributed by atoms with Crippen molar-refractivity contribution in [1.82, 2.24) is 0 Å². The molecule has 2 nitrogen and oxygen atoms in total. The van der Waals surface area contributed by atoms with Gasteiger partial charge in [-0.3, -0.25) is 0 Å². The highest BCUT2D eigenvalue weighted by molar-refractivity contribution is 7.91. The summed E-state index contributed by atoms with van der Waals surface area (Å²) < 4.78 is 22.5. The lowest BCUT2D eigenvalue weighted by molar-refractivity contribution is 0.309. The molecular formula is C8H16O2S.